The molecule has 28 heavy (non-hydrogen) atoms. The zero-order chi connectivity index (χ0) is 19.5. The van der Waals surface area contributed by atoms with Gasteiger partial charge in [0.05, 0.1) is 31.9 Å². The first kappa shape index (κ1) is 18.2. The van der Waals surface area contributed by atoms with E-state index in [0.29, 0.717) is 24.1 Å². The van der Waals surface area contributed by atoms with Crippen molar-refractivity contribution in [3.63, 3.8) is 0 Å². The number of aryl methyl sites for hydroxylation is 2. The number of amides is 1. The Morgan fingerprint density at radius 1 is 1.29 bits per heavy atom. The first-order valence-electron chi connectivity index (χ1n) is 8.81. The van der Waals surface area contributed by atoms with Gasteiger partial charge in [-0.15, -0.1) is 11.3 Å². The number of hydrogen-bond donors (Lipinski definition) is 0. The van der Waals surface area contributed by atoms with Crippen molar-refractivity contribution in [3.8, 4) is 0 Å². The number of carbonyl (C=O) groups is 1. The molecule has 0 aliphatic rings. The smallest absolute Gasteiger partial charge is 0.264 e. The predicted molar refractivity (Wildman–Crippen MR) is 105 cm³/mol. The molecule has 1 amide bonds. The summed E-state index contributed by atoms with van der Waals surface area (Å²) in [5, 5.41) is 6.49. The molecule has 0 aromatic carbocycles. The second kappa shape index (κ2) is 7.81. The minimum absolute atomic E-state index is 0.0528. The lowest BCUT2D eigenvalue weighted by Gasteiger charge is -2.21. The van der Waals surface area contributed by atoms with E-state index in [1.807, 2.05) is 23.6 Å². The molecule has 0 fully saturated rings. The molecule has 144 valence electrons. The summed E-state index contributed by atoms with van der Waals surface area (Å²) in [6.07, 6.45) is 4.76. The molecule has 8 nitrogen and oxygen atoms in total. The molecule has 0 atom stereocenters. The minimum atomic E-state index is -0.193. The zero-order valence-electron chi connectivity index (χ0n) is 15.3. The van der Waals surface area contributed by atoms with Crippen LogP contribution in [0.15, 0.2) is 57.6 Å². The van der Waals surface area contributed by atoms with E-state index in [-0.39, 0.29) is 24.4 Å². The van der Waals surface area contributed by atoms with Crippen LogP contribution in [0.25, 0.3) is 11.0 Å². The van der Waals surface area contributed by atoms with Crippen molar-refractivity contribution in [3.05, 3.63) is 69.4 Å². The van der Waals surface area contributed by atoms with Crippen LogP contribution in [-0.4, -0.2) is 30.1 Å². The summed E-state index contributed by atoms with van der Waals surface area (Å²) in [7, 11) is 1.74. The van der Waals surface area contributed by atoms with Gasteiger partial charge < -0.3 is 9.32 Å². The largest absolute Gasteiger partial charge is 0.467 e. The maximum atomic E-state index is 12.9. The summed E-state index contributed by atoms with van der Waals surface area (Å²) in [6.45, 7) is 1.15. The number of carbonyl (C=O) groups excluding carboxylic acids is 1. The molecular formula is C19H19N5O3S. The Hall–Kier alpha value is -3.20. The molecule has 0 bridgehead atoms. The first-order valence-corrected chi connectivity index (χ1v) is 9.69. The Balaban J connectivity index is 1.49. The second-order valence-electron chi connectivity index (χ2n) is 6.41. The molecule has 0 spiro atoms. The van der Waals surface area contributed by atoms with Crippen molar-refractivity contribution >= 4 is 28.3 Å². The van der Waals surface area contributed by atoms with E-state index >= 15 is 0 Å². The highest BCUT2D eigenvalue weighted by molar-refractivity contribution is 7.09. The van der Waals surface area contributed by atoms with Gasteiger partial charge in [0.15, 0.2) is 5.65 Å². The molecular weight excluding hydrogens is 378 g/mol. The maximum Gasteiger partial charge on any atom is 0.264 e. The van der Waals surface area contributed by atoms with Crippen LogP contribution in [0.3, 0.4) is 0 Å². The van der Waals surface area contributed by atoms with E-state index in [0.717, 1.165) is 10.6 Å². The molecule has 4 rings (SSSR count). The molecule has 0 saturated carbocycles. The van der Waals surface area contributed by atoms with E-state index < -0.39 is 0 Å². The summed E-state index contributed by atoms with van der Waals surface area (Å²) in [4.78, 5) is 32.6. The maximum absolute atomic E-state index is 12.9. The van der Waals surface area contributed by atoms with Crippen LogP contribution in [0, 0.1) is 0 Å². The number of hydrogen-bond acceptors (Lipinski definition) is 6. The van der Waals surface area contributed by atoms with Gasteiger partial charge in [0.2, 0.25) is 5.91 Å². The average Bonchev–Trinajstić information content (AvgIpc) is 3.44. The fourth-order valence-electron chi connectivity index (χ4n) is 3.01. The van der Waals surface area contributed by atoms with Gasteiger partial charge >= 0.3 is 0 Å². The highest BCUT2D eigenvalue weighted by Gasteiger charge is 2.17. The molecule has 0 aliphatic carbocycles. The third-order valence-corrected chi connectivity index (χ3v) is 5.35. The van der Waals surface area contributed by atoms with Gasteiger partial charge in [-0.3, -0.25) is 18.8 Å². The van der Waals surface area contributed by atoms with Crippen molar-refractivity contribution in [1.29, 1.82) is 0 Å². The molecule has 4 aromatic rings. The van der Waals surface area contributed by atoms with Crippen molar-refractivity contribution < 1.29 is 9.21 Å². The quantitative estimate of drug-likeness (QED) is 0.478. The summed E-state index contributed by atoms with van der Waals surface area (Å²) in [5.74, 6) is 0.670. The Kier molecular flexibility index (Phi) is 5.07. The summed E-state index contributed by atoms with van der Waals surface area (Å²) >= 11 is 1.60. The minimum Gasteiger partial charge on any atom is -0.467 e. The van der Waals surface area contributed by atoms with Crippen LogP contribution in [0.2, 0.25) is 0 Å². The molecule has 4 aromatic heterocycles. The Morgan fingerprint density at radius 2 is 2.18 bits per heavy atom. The van der Waals surface area contributed by atoms with Gasteiger partial charge in [0.1, 0.15) is 11.1 Å². The lowest BCUT2D eigenvalue weighted by Crippen LogP contribution is -2.31. The van der Waals surface area contributed by atoms with Crippen LogP contribution in [0.4, 0.5) is 0 Å². The number of furan rings is 1. The molecule has 0 aliphatic heterocycles. The van der Waals surface area contributed by atoms with Gasteiger partial charge in [-0.2, -0.15) is 5.10 Å². The number of thiophene rings is 1. The number of rotatable bonds is 7. The van der Waals surface area contributed by atoms with Crippen LogP contribution in [0.1, 0.15) is 17.1 Å². The highest BCUT2D eigenvalue weighted by atomic mass is 32.1. The lowest BCUT2D eigenvalue weighted by molar-refractivity contribution is -0.132. The van der Waals surface area contributed by atoms with E-state index in [1.165, 1.54) is 17.1 Å². The van der Waals surface area contributed by atoms with E-state index in [1.54, 1.807) is 40.3 Å². The first-order chi connectivity index (χ1) is 13.6. The van der Waals surface area contributed by atoms with Crippen molar-refractivity contribution in [1.82, 2.24) is 24.2 Å². The van der Waals surface area contributed by atoms with Gasteiger partial charge in [-0.05, 0) is 23.6 Å². The lowest BCUT2D eigenvalue weighted by atomic mass is 10.3. The molecule has 9 heteroatoms. The number of aromatic nitrogens is 4. The van der Waals surface area contributed by atoms with E-state index in [9.17, 15) is 9.59 Å². The van der Waals surface area contributed by atoms with Crippen molar-refractivity contribution in [2.45, 2.75) is 26.1 Å². The van der Waals surface area contributed by atoms with Gasteiger partial charge in [0, 0.05) is 24.9 Å². The summed E-state index contributed by atoms with van der Waals surface area (Å²) < 4.78 is 8.41. The highest BCUT2D eigenvalue weighted by Crippen LogP contribution is 2.16. The summed E-state index contributed by atoms with van der Waals surface area (Å²) in [5.41, 5.74) is 0.339. The third-order valence-electron chi connectivity index (χ3n) is 4.49. The molecule has 0 saturated heterocycles. The third kappa shape index (κ3) is 3.74. The standard InChI is InChI=1S/C19H19N5O3S/c1-22-18-16(10-21-22)19(26)23(13-20-18)7-6-17(25)24(11-14-4-2-8-27-14)12-15-5-3-9-28-15/h2-5,8-10,13H,6-7,11-12H2,1H3. The Morgan fingerprint density at radius 3 is 2.93 bits per heavy atom. The van der Waals surface area contributed by atoms with Gasteiger partial charge in [-0.1, -0.05) is 6.07 Å². The van der Waals surface area contributed by atoms with Crippen LogP contribution in [0.5, 0.6) is 0 Å². The fraction of sp³-hybridized carbons (Fsp3) is 0.263. The van der Waals surface area contributed by atoms with Crippen molar-refractivity contribution in [2.24, 2.45) is 7.05 Å². The molecule has 0 radical (unpaired) electrons. The van der Waals surface area contributed by atoms with E-state index in [2.05, 4.69) is 10.1 Å². The number of fused-ring (bicyclic) bond motifs is 1. The summed E-state index contributed by atoms with van der Waals surface area (Å²) in [6, 6.07) is 7.61. The topological polar surface area (TPSA) is 86.2 Å². The molecule has 0 unspecified atom stereocenters. The second-order valence-corrected chi connectivity index (χ2v) is 7.44. The fourth-order valence-corrected chi connectivity index (χ4v) is 3.73. The average molecular weight is 397 g/mol. The normalized spacial score (nSPS) is 11.2. The SMILES string of the molecule is Cn1ncc2c(=O)n(CCC(=O)N(Cc3ccco3)Cc3cccs3)cnc21. The van der Waals surface area contributed by atoms with Crippen molar-refractivity contribution in [2.75, 3.05) is 0 Å². The predicted octanol–water partition coefficient (Wildman–Crippen LogP) is 2.40. The Labute approximate surface area is 164 Å². The van der Waals surface area contributed by atoms with Gasteiger partial charge in [0.25, 0.3) is 5.56 Å². The van der Waals surface area contributed by atoms with Crippen LogP contribution < -0.4 is 5.56 Å². The molecule has 0 N–H and O–H groups in total. The van der Waals surface area contributed by atoms with Crippen LogP contribution in [-0.2, 0) is 31.5 Å². The van der Waals surface area contributed by atoms with Crippen LogP contribution >= 0.6 is 11.3 Å². The Bertz CT molecular complexity index is 1090. The molecule has 4 heterocycles. The monoisotopic (exact) mass is 397 g/mol. The van der Waals surface area contributed by atoms with E-state index in [4.69, 9.17) is 4.42 Å². The zero-order valence-corrected chi connectivity index (χ0v) is 16.1. The van der Waals surface area contributed by atoms with Gasteiger partial charge in [-0.25, -0.2) is 4.98 Å². The number of nitrogens with zero attached hydrogens (tertiary/aromatic N) is 5.